The molecule has 1 fully saturated rings. The van der Waals surface area contributed by atoms with E-state index in [9.17, 15) is 14.0 Å². The van der Waals surface area contributed by atoms with E-state index in [4.69, 9.17) is 4.74 Å². The molecule has 150 valence electrons. The van der Waals surface area contributed by atoms with Gasteiger partial charge in [-0.25, -0.2) is 13.9 Å². The highest BCUT2D eigenvalue weighted by atomic mass is 19.1. The zero-order valence-corrected chi connectivity index (χ0v) is 15.9. The molecule has 0 spiro atoms. The predicted molar refractivity (Wildman–Crippen MR) is 105 cm³/mol. The highest BCUT2D eigenvalue weighted by molar-refractivity contribution is 5.90. The number of halogens is 1. The van der Waals surface area contributed by atoms with E-state index in [1.807, 2.05) is 4.90 Å². The van der Waals surface area contributed by atoms with Gasteiger partial charge in [-0.2, -0.15) is 5.10 Å². The number of cyclic esters (lactones) is 1. The van der Waals surface area contributed by atoms with Gasteiger partial charge in [0.25, 0.3) is 0 Å². The van der Waals surface area contributed by atoms with Crippen LogP contribution >= 0.6 is 0 Å². The van der Waals surface area contributed by atoms with Crippen molar-refractivity contribution in [3.05, 3.63) is 53.8 Å². The summed E-state index contributed by atoms with van der Waals surface area (Å²) in [4.78, 5) is 26.4. The fraction of sp³-hybridized carbons (Fsp3) is 0.300. The summed E-state index contributed by atoms with van der Waals surface area (Å²) in [5, 5.41) is 6.86. The van der Waals surface area contributed by atoms with Crippen molar-refractivity contribution >= 4 is 29.6 Å². The van der Waals surface area contributed by atoms with Gasteiger partial charge in [0.05, 0.1) is 49.1 Å². The van der Waals surface area contributed by atoms with Gasteiger partial charge in [0.2, 0.25) is 5.91 Å². The Morgan fingerprint density at radius 3 is 3.03 bits per heavy atom. The van der Waals surface area contributed by atoms with Crippen LogP contribution in [0.4, 0.5) is 20.6 Å². The average Bonchev–Trinajstić information content (AvgIpc) is 3.35. The average molecular weight is 397 g/mol. The third-order valence-electron chi connectivity index (χ3n) is 4.94. The number of hydrogen-bond donors (Lipinski definition) is 1. The molecule has 3 heterocycles. The monoisotopic (exact) mass is 397 g/mol. The maximum atomic E-state index is 14.9. The van der Waals surface area contributed by atoms with E-state index in [0.29, 0.717) is 24.5 Å². The Labute approximate surface area is 166 Å². The van der Waals surface area contributed by atoms with Crippen molar-refractivity contribution in [3.63, 3.8) is 0 Å². The molecule has 29 heavy (non-hydrogen) atoms. The van der Waals surface area contributed by atoms with E-state index in [-0.39, 0.29) is 19.0 Å². The normalized spacial score (nSPS) is 17.7. The molecule has 1 saturated heterocycles. The minimum atomic E-state index is -0.558. The number of amides is 2. The Hall–Kier alpha value is -3.58. The van der Waals surface area contributed by atoms with Gasteiger partial charge in [0, 0.05) is 19.0 Å². The molecule has 4 rings (SSSR count). The van der Waals surface area contributed by atoms with Gasteiger partial charge in [-0.15, -0.1) is 5.73 Å². The number of hydrogen-bond acceptors (Lipinski definition) is 5. The Balaban J connectivity index is 1.48. The summed E-state index contributed by atoms with van der Waals surface area (Å²) < 4.78 is 21.8. The molecular weight excluding hydrogens is 377 g/mol. The number of anilines is 2. The Kier molecular flexibility index (Phi) is 4.82. The summed E-state index contributed by atoms with van der Waals surface area (Å²) in [6, 6.07) is 4.68. The first-order valence-corrected chi connectivity index (χ1v) is 9.14. The highest BCUT2D eigenvalue weighted by Crippen LogP contribution is 2.33. The second-order valence-electron chi connectivity index (χ2n) is 6.94. The van der Waals surface area contributed by atoms with Crippen LogP contribution in [0.5, 0.6) is 0 Å². The molecule has 2 amide bonds. The van der Waals surface area contributed by atoms with Gasteiger partial charge in [-0.05, 0) is 18.2 Å². The van der Waals surface area contributed by atoms with Crippen molar-refractivity contribution in [1.29, 1.82) is 0 Å². The lowest BCUT2D eigenvalue weighted by Gasteiger charge is -2.21. The van der Waals surface area contributed by atoms with Crippen LogP contribution in [0, 0.1) is 5.82 Å². The van der Waals surface area contributed by atoms with E-state index in [0.717, 1.165) is 11.3 Å². The predicted octanol–water partition coefficient (Wildman–Crippen LogP) is 2.26. The Bertz CT molecular complexity index is 1030. The summed E-state index contributed by atoms with van der Waals surface area (Å²) in [7, 11) is 0. The van der Waals surface area contributed by atoms with Gasteiger partial charge in [-0.1, -0.05) is 6.58 Å². The minimum Gasteiger partial charge on any atom is -0.442 e. The first-order valence-electron chi connectivity index (χ1n) is 9.14. The van der Waals surface area contributed by atoms with Crippen molar-refractivity contribution in [2.45, 2.75) is 26.1 Å². The highest BCUT2D eigenvalue weighted by Gasteiger charge is 2.33. The topological polar surface area (TPSA) is 79.7 Å². The number of ether oxygens (including phenoxy) is 1. The lowest BCUT2D eigenvalue weighted by Crippen LogP contribution is -2.33. The first-order chi connectivity index (χ1) is 14.0. The van der Waals surface area contributed by atoms with Crippen molar-refractivity contribution in [3.8, 4) is 0 Å². The second-order valence-corrected chi connectivity index (χ2v) is 6.94. The van der Waals surface area contributed by atoms with Gasteiger partial charge in [0.15, 0.2) is 0 Å². The van der Waals surface area contributed by atoms with Crippen molar-refractivity contribution in [1.82, 2.24) is 15.1 Å². The smallest absolute Gasteiger partial charge is 0.414 e. The van der Waals surface area contributed by atoms with Crippen LogP contribution < -0.4 is 15.1 Å². The molecule has 2 aliphatic heterocycles. The summed E-state index contributed by atoms with van der Waals surface area (Å²) in [6.07, 6.45) is 2.36. The molecule has 0 radical (unpaired) electrons. The number of carbonyl (C=O) groups is 2. The molecule has 2 aliphatic rings. The molecule has 2 aromatic rings. The van der Waals surface area contributed by atoms with E-state index in [2.05, 4.69) is 22.7 Å². The quantitative estimate of drug-likeness (QED) is 0.783. The van der Waals surface area contributed by atoms with Crippen LogP contribution in [-0.4, -0.2) is 41.0 Å². The number of nitrogens with zero attached hydrogens (tertiary/aromatic N) is 4. The minimum absolute atomic E-state index is 0.201. The molecule has 8 nitrogen and oxygen atoms in total. The van der Waals surface area contributed by atoms with E-state index in [1.54, 1.807) is 29.2 Å². The summed E-state index contributed by atoms with van der Waals surface area (Å²) in [6.45, 7) is 6.47. The third kappa shape index (κ3) is 3.60. The number of fused-ring (bicyclic) bond motifs is 1. The van der Waals surface area contributed by atoms with Crippen LogP contribution in [0.2, 0.25) is 0 Å². The molecule has 0 aliphatic carbocycles. The van der Waals surface area contributed by atoms with Gasteiger partial charge in [-0.3, -0.25) is 9.69 Å². The van der Waals surface area contributed by atoms with Crippen LogP contribution in [0.25, 0.3) is 6.20 Å². The third-order valence-corrected chi connectivity index (χ3v) is 4.94. The Morgan fingerprint density at radius 2 is 2.31 bits per heavy atom. The summed E-state index contributed by atoms with van der Waals surface area (Å²) in [5.74, 6) is -0.627. The largest absolute Gasteiger partial charge is 0.442 e. The van der Waals surface area contributed by atoms with E-state index in [1.165, 1.54) is 17.9 Å². The molecule has 1 aromatic heterocycles. The van der Waals surface area contributed by atoms with Crippen molar-refractivity contribution in [2.24, 2.45) is 0 Å². The molecule has 0 bridgehead atoms. The number of rotatable bonds is 5. The number of nitrogens with one attached hydrogen (secondary N) is 1. The fourth-order valence-corrected chi connectivity index (χ4v) is 3.56. The molecule has 1 atom stereocenters. The molecule has 1 N–H and O–H groups in total. The number of aromatic nitrogens is 2. The molecule has 1 aromatic carbocycles. The molecule has 0 unspecified atom stereocenters. The van der Waals surface area contributed by atoms with Gasteiger partial charge < -0.3 is 15.0 Å². The first kappa shape index (κ1) is 18.8. The summed E-state index contributed by atoms with van der Waals surface area (Å²) >= 11 is 0. The Morgan fingerprint density at radius 1 is 1.48 bits per heavy atom. The zero-order chi connectivity index (χ0) is 20.5. The van der Waals surface area contributed by atoms with Crippen molar-refractivity contribution < 1.29 is 18.7 Å². The van der Waals surface area contributed by atoms with E-state index < -0.39 is 18.0 Å². The fourth-order valence-electron chi connectivity index (χ4n) is 3.56. The molecular formula is C20H20FN5O3. The van der Waals surface area contributed by atoms with Crippen LogP contribution in [-0.2, 0) is 22.6 Å². The van der Waals surface area contributed by atoms with Crippen LogP contribution in [0.3, 0.4) is 0 Å². The van der Waals surface area contributed by atoms with Crippen molar-refractivity contribution in [2.75, 3.05) is 22.9 Å². The van der Waals surface area contributed by atoms with Gasteiger partial charge >= 0.3 is 6.09 Å². The number of carbonyl (C=O) groups excluding carboxylic acids is 2. The lowest BCUT2D eigenvalue weighted by molar-refractivity contribution is -0.119. The van der Waals surface area contributed by atoms with Gasteiger partial charge in [0.1, 0.15) is 11.9 Å². The van der Waals surface area contributed by atoms with E-state index >= 15 is 0 Å². The maximum absolute atomic E-state index is 14.9. The van der Waals surface area contributed by atoms with Crippen LogP contribution in [0.15, 0.2) is 36.7 Å². The zero-order valence-electron chi connectivity index (χ0n) is 15.9. The summed E-state index contributed by atoms with van der Waals surface area (Å²) in [5.41, 5.74) is 5.53. The second kappa shape index (κ2) is 7.44. The number of benzene rings is 1. The lowest BCUT2D eigenvalue weighted by atomic mass is 10.2. The maximum Gasteiger partial charge on any atom is 0.414 e. The standard InChI is InChI=1S/C20H20FN5O3/c1-3-6-26-19-12-24(10-14(19)8-23-26)18-5-4-15(7-17(18)21)25-11-16(29-20(25)28)9-22-13(2)27/h4-8,16H,1,9-12H2,2H3,(H,22,27)/t16-/m0/s1. The molecule has 0 saturated carbocycles. The van der Waals surface area contributed by atoms with Crippen LogP contribution in [0.1, 0.15) is 18.2 Å². The SMILES string of the molecule is C=C=Cn1ncc2c1CN(c1ccc(N3C[C@H](CNC(C)=O)OC3=O)cc1F)C2. The molecule has 9 heteroatoms.